The number of aryl methyl sites for hydroxylation is 2. The smallest absolute Gasteiger partial charge is 0.316 e. The van der Waals surface area contributed by atoms with Crippen molar-refractivity contribution in [2.75, 3.05) is 5.43 Å². The predicted molar refractivity (Wildman–Crippen MR) is 83.0 cm³/mol. The summed E-state index contributed by atoms with van der Waals surface area (Å²) in [5, 5.41) is 19.6. The monoisotopic (exact) mass is 299 g/mol. The number of hydrazone groups is 1. The third-order valence-electron chi connectivity index (χ3n) is 3.15. The molecule has 9 nitrogen and oxygen atoms in total. The summed E-state index contributed by atoms with van der Waals surface area (Å²) in [4.78, 5) is 23.5. The Kier molecular flexibility index (Phi) is 3.77. The minimum atomic E-state index is -0.642. The highest BCUT2D eigenvalue weighted by molar-refractivity contribution is 6.45. The van der Waals surface area contributed by atoms with Crippen LogP contribution < -0.4 is 22.3 Å². The molecule has 1 heterocycles. The predicted octanol–water partition coefficient (Wildman–Crippen LogP) is -0.535. The molecule has 0 aliphatic heterocycles. The summed E-state index contributed by atoms with van der Waals surface area (Å²) in [5.74, 6) is -0.453. The van der Waals surface area contributed by atoms with Crippen molar-refractivity contribution in [1.82, 2.24) is 9.13 Å². The number of benzene rings is 1. The van der Waals surface area contributed by atoms with Crippen LogP contribution in [0, 0.1) is 16.7 Å². The molecule has 1 aromatic carbocycles. The summed E-state index contributed by atoms with van der Waals surface area (Å²) in [6.45, 7) is 0. The van der Waals surface area contributed by atoms with E-state index in [1.807, 2.05) is 0 Å². The van der Waals surface area contributed by atoms with Gasteiger partial charge in [-0.1, -0.05) is 0 Å². The SMILES string of the molecule is Cn1c(=O)c(=O)n(C)c2cc(N/N=C(\C#N)C(=N)N)ccc21. The zero-order chi connectivity index (χ0) is 16.4. The Morgan fingerprint density at radius 3 is 2.41 bits per heavy atom. The molecule has 4 N–H and O–H groups in total. The van der Waals surface area contributed by atoms with Gasteiger partial charge in [-0.15, -0.1) is 0 Å². The first-order valence-electron chi connectivity index (χ1n) is 6.14. The quantitative estimate of drug-likeness (QED) is 0.302. The van der Waals surface area contributed by atoms with Gasteiger partial charge in [0.15, 0.2) is 5.84 Å². The summed E-state index contributed by atoms with van der Waals surface area (Å²) in [7, 11) is 3.01. The lowest BCUT2D eigenvalue weighted by Crippen LogP contribution is -2.39. The lowest BCUT2D eigenvalue weighted by Gasteiger charge is -2.10. The molecule has 0 saturated heterocycles. The normalized spacial score (nSPS) is 11.2. The van der Waals surface area contributed by atoms with Gasteiger partial charge in [-0.25, -0.2) is 0 Å². The molecule has 22 heavy (non-hydrogen) atoms. The van der Waals surface area contributed by atoms with Crippen LogP contribution in [0.3, 0.4) is 0 Å². The topological polar surface area (TPSA) is 142 Å². The minimum Gasteiger partial charge on any atom is -0.382 e. The first-order valence-corrected chi connectivity index (χ1v) is 6.14. The number of nitrogens with two attached hydrogens (primary N) is 1. The molecule has 0 atom stereocenters. The number of aromatic nitrogens is 2. The fourth-order valence-corrected chi connectivity index (χ4v) is 1.92. The number of nitrogens with zero attached hydrogens (tertiary/aromatic N) is 4. The number of rotatable bonds is 3. The van der Waals surface area contributed by atoms with Gasteiger partial charge in [0, 0.05) is 14.1 Å². The lowest BCUT2D eigenvalue weighted by molar-refractivity contribution is 0.799. The Morgan fingerprint density at radius 1 is 1.27 bits per heavy atom. The third-order valence-corrected chi connectivity index (χ3v) is 3.15. The van der Waals surface area contributed by atoms with Gasteiger partial charge in [0.2, 0.25) is 5.71 Å². The highest BCUT2D eigenvalue weighted by Gasteiger charge is 2.09. The molecule has 0 bridgehead atoms. The van der Waals surface area contributed by atoms with Crippen molar-refractivity contribution < 1.29 is 0 Å². The van der Waals surface area contributed by atoms with E-state index in [1.54, 1.807) is 24.3 Å². The molecule has 0 aliphatic carbocycles. The lowest BCUT2D eigenvalue weighted by atomic mass is 10.2. The van der Waals surface area contributed by atoms with Gasteiger partial charge in [-0.2, -0.15) is 10.4 Å². The molecule has 0 radical (unpaired) electrons. The molecular formula is C13H13N7O2. The molecule has 2 aromatic rings. The fourth-order valence-electron chi connectivity index (χ4n) is 1.92. The van der Waals surface area contributed by atoms with E-state index < -0.39 is 17.0 Å². The average molecular weight is 299 g/mol. The number of fused-ring (bicyclic) bond motifs is 1. The van der Waals surface area contributed by atoms with Crippen molar-refractivity contribution >= 4 is 28.3 Å². The number of amidine groups is 1. The number of nitrogens with one attached hydrogen (secondary N) is 2. The second-order valence-corrected chi connectivity index (χ2v) is 4.53. The van der Waals surface area contributed by atoms with Crippen LogP contribution in [0.1, 0.15) is 0 Å². The van der Waals surface area contributed by atoms with Crippen LogP contribution in [0.15, 0.2) is 32.9 Å². The fraction of sp³-hybridized carbons (Fsp3) is 0.154. The van der Waals surface area contributed by atoms with Crippen molar-refractivity contribution in [3.8, 4) is 6.07 Å². The number of anilines is 1. The number of nitriles is 1. The molecule has 0 unspecified atom stereocenters. The average Bonchev–Trinajstić information content (AvgIpc) is 2.51. The third kappa shape index (κ3) is 2.45. The maximum absolute atomic E-state index is 11.8. The van der Waals surface area contributed by atoms with Crippen molar-refractivity contribution in [2.45, 2.75) is 0 Å². The summed E-state index contributed by atoms with van der Waals surface area (Å²) in [6, 6.07) is 6.57. The maximum Gasteiger partial charge on any atom is 0.316 e. The molecule has 112 valence electrons. The van der Waals surface area contributed by atoms with E-state index in [0.29, 0.717) is 16.7 Å². The van der Waals surface area contributed by atoms with E-state index in [-0.39, 0.29) is 5.71 Å². The second-order valence-electron chi connectivity index (χ2n) is 4.53. The highest BCUT2D eigenvalue weighted by Crippen LogP contribution is 2.16. The second kappa shape index (κ2) is 5.53. The van der Waals surface area contributed by atoms with Gasteiger partial charge in [0.25, 0.3) is 0 Å². The first kappa shape index (κ1) is 15.0. The molecule has 0 fully saturated rings. The van der Waals surface area contributed by atoms with Crippen molar-refractivity contribution in [3.63, 3.8) is 0 Å². The molecule has 2 rings (SSSR count). The summed E-state index contributed by atoms with van der Waals surface area (Å²) >= 11 is 0. The van der Waals surface area contributed by atoms with Crippen LogP contribution in [0.5, 0.6) is 0 Å². The van der Waals surface area contributed by atoms with Crippen LogP contribution in [0.2, 0.25) is 0 Å². The van der Waals surface area contributed by atoms with Crippen LogP contribution in [0.25, 0.3) is 11.0 Å². The van der Waals surface area contributed by atoms with Gasteiger partial charge >= 0.3 is 11.1 Å². The zero-order valence-electron chi connectivity index (χ0n) is 11.9. The maximum atomic E-state index is 11.8. The number of hydrogen-bond donors (Lipinski definition) is 3. The Hall–Kier alpha value is -3.41. The molecule has 0 aliphatic rings. The van der Waals surface area contributed by atoms with Gasteiger partial charge in [0.1, 0.15) is 6.07 Å². The molecule has 0 saturated carbocycles. The Morgan fingerprint density at radius 2 is 1.86 bits per heavy atom. The van der Waals surface area contributed by atoms with E-state index in [9.17, 15) is 9.59 Å². The van der Waals surface area contributed by atoms with E-state index in [4.69, 9.17) is 16.4 Å². The Balaban J connectivity index is 2.57. The van der Waals surface area contributed by atoms with E-state index in [0.717, 1.165) is 0 Å². The van der Waals surface area contributed by atoms with Crippen molar-refractivity contribution in [3.05, 3.63) is 38.9 Å². The molecule has 9 heteroatoms. The van der Waals surface area contributed by atoms with Crippen LogP contribution >= 0.6 is 0 Å². The summed E-state index contributed by atoms with van der Waals surface area (Å²) in [5.41, 5.74) is 7.85. The minimum absolute atomic E-state index is 0.255. The van der Waals surface area contributed by atoms with Crippen molar-refractivity contribution in [1.29, 1.82) is 10.7 Å². The van der Waals surface area contributed by atoms with Crippen LogP contribution in [-0.4, -0.2) is 20.7 Å². The van der Waals surface area contributed by atoms with Gasteiger partial charge in [-0.3, -0.25) is 20.4 Å². The Labute approximate surface area is 124 Å². The molecule has 0 amide bonds. The Bertz CT molecular complexity index is 959. The highest BCUT2D eigenvalue weighted by atomic mass is 16.2. The van der Waals surface area contributed by atoms with Gasteiger partial charge in [0.05, 0.1) is 16.7 Å². The largest absolute Gasteiger partial charge is 0.382 e. The van der Waals surface area contributed by atoms with Crippen LogP contribution in [-0.2, 0) is 14.1 Å². The van der Waals surface area contributed by atoms with Gasteiger partial charge in [-0.05, 0) is 18.2 Å². The van der Waals surface area contributed by atoms with Gasteiger partial charge < -0.3 is 14.9 Å². The summed E-state index contributed by atoms with van der Waals surface area (Å²) < 4.78 is 2.50. The first-order chi connectivity index (χ1) is 10.4. The standard InChI is InChI=1S/C13H13N7O2/c1-19-9-4-3-7(17-18-8(6-14)11(15)16)5-10(9)20(2)13(22)12(19)21/h3-5,17H,1-2H3,(H3,15,16)/b18-8+. The molecule has 0 spiro atoms. The van der Waals surface area contributed by atoms with Crippen molar-refractivity contribution in [2.24, 2.45) is 24.9 Å². The van der Waals surface area contributed by atoms with Crippen LogP contribution in [0.4, 0.5) is 5.69 Å². The van der Waals surface area contributed by atoms with E-state index >= 15 is 0 Å². The summed E-state index contributed by atoms with van der Waals surface area (Å²) in [6.07, 6.45) is 0. The molecule has 1 aromatic heterocycles. The zero-order valence-corrected chi connectivity index (χ0v) is 11.9. The number of hydrogen-bond acceptors (Lipinski definition) is 6. The van der Waals surface area contributed by atoms with E-state index in [1.165, 1.54) is 23.2 Å². The van der Waals surface area contributed by atoms with E-state index in [2.05, 4.69) is 10.5 Å². The molecular weight excluding hydrogens is 286 g/mol.